The van der Waals surface area contributed by atoms with Crippen molar-refractivity contribution in [2.45, 2.75) is 58.9 Å². The van der Waals surface area contributed by atoms with E-state index >= 15 is 0 Å². The van der Waals surface area contributed by atoms with Gasteiger partial charge in [0, 0.05) is 5.71 Å². The van der Waals surface area contributed by atoms with Crippen molar-refractivity contribution < 1.29 is 27.8 Å². The van der Waals surface area contributed by atoms with Crippen LogP contribution in [-0.2, 0) is 4.79 Å². The number of hydrogen-bond donors (Lipinski definition) is 1. The van der Waals surface area contributed by atoms with Gasteiger partial charge in [-0.15, -0.1) is 0 Å². The Bertz CT molecular complexity index is 798. The van der Waals surface area contributed by atoms with E-state index in [1.165, 1.54) is 0 Å². The number of hydrazone groups is 1. The minimum atomic E-state index is -5.02. The molecule has 1 fully saturated rings. The van der Waals surface area contributed by atoms with Gasteiger partial charge in [-0.25, -0.2) is 0 Å². The second-order valence-corrected chi connectivity index (χ2v) is 7.97. The van der Waals surface area contributed by atoms with Crippen molar-refractivity contribution in [1.29, 1.82) is 0 Å². The van der Waals surface area contributed by atoms with E-state index in [4.69, 9.17) is 4.74 Å². The van der Waals surface area contributed by atoms with E-state index in [0.717, 1.165) is 16.7 Å². The predicted octanol–water partition coefficient (Wildman–Crippen LogP) is 3.88. The molecule has 0 aromatic heterocycles. The van der Waals surface area contributed by atoms with Gasteiger partial charge in [0.2, 0.25) is 0 Å². The van der Waals surface area contributed by atoms with Crippen LogP contribution in [0.3, 0.4) is 0 Å². The summed E-state index contributed by atoms with van der Waals surface area (Å²) in [5, 5.41) is 14.7. The molecule has 0 saturated heterocycles. The number of carbonyl (C=O) groups is 1. The van der Waals surface area contributed by atoms with Gasteiger partial charge in [0.25, 0.3) is 11.6 Å². The fraction of sp³-hybridized carbons (Fsp3) is 0.600. The van der Waals surface area contributed by atoms with E-state index in [1.807, 2.05) is 26.0 Å². The Morgan fingerprint density at radius 1 is 1.32 bits per heavy atom. The highest BCUT2D eigenvalue weighted by atomic mass is 19.4. The lowest BCUT2D eigenvalue weighted by Crippen LogP contribution is -2.62. The molecule has 3 rings (SSSR count). The monoisotopic (exact) mass is 398 g/mol. The number of ether oxygens (including phenoxy) is 1. The van der Waals surface area contributed by atoms with Crippen molar-refractivity contribution in [3.8, 4) is 5.75 Å². The summed E-state index contributed by atoms with van der Waals surface area (Å²) in [5.74, 6) is -1.79. The van der Waals surface area contributed by atoms with Crippen LogP contribution in [0.4, 0.5) is 13.2 Å². The molecule has 1 aliphatic heterocycles. The van der Waals surface area contributed by atoms with Gasteiger partial charge in [0.05, 0.1) is 5.92 Å². The summed E-state index contributed by atoms with van der Waals surface area (Å²) >= 11 is 0. The normalized spacial score (nSPS) is 27.4. The number of fused-ring (bicyclic) bond motifs is 1. The smallest absolute Gasteiger partial charge is 0.439 e. The molecule has 1 aromatic rings. The zero-order valence-electron chi connectivity index (χ0n) is 16.4. The van der Waals surface area contributed by atoms with Crippen molar-refractivity contribution in [1.82, 2.24) is 5.01 Å². The van der Waals surface area contributed by atoms with Crippen LogP contribution in [0.5, 0.6) is 5.75 Å². The molecule has 1 aromatic carbocycles. The van der Waals surface area contributed by atoms with E-state index in [-0.39, 0.29) is 23.1 Å². The quantitative estimate of drug-likeness (QED) is 0.841. The molecular formula is C20H25F3N2O3. The second-order valence-electron chi connectivity index (χ2n) is 7.97. The molecule has 2 aliphatic rings. The summed E-state index contributed by atoms with van der Waals surface area (Å²) in [7, 11) is 0. The highest BCUT2D eigenvalue weighted by molar-refractivity contribution is 5.93. The van der Waals surface area contributed by atoms with Crippen LogP contribution in [0.15, 0.2) is 17.2 Å². The minimum absolute atomic E-state index is 0.0157. The summed E-state index contributed by atoms with van der Waals surface area (Å²) in [6, 6.07) is 3.73. The SMILES string of the molecule is Cc1cc(C)c(OCC(=O)N2N=C3CC[C@H](C)C[C@@H]3[C@]2(O)C(F)(F)F)c(C)c1. The number of carbonyl (C=O) groups excluding carboxylic acids is 1. The highest BCUT2D eigenvalue weighted by Crippen LogP contribution is 2.49. The van der Waals surface area contributed by atoms with Gasteiger partial charge >= 0.3 is 6.18 Å². The number of amides is 1. The molecule has 5 nitrogen and oxygen atoms in total. The van der Waals surface area contributed by atoms with Gasteiger partial charge < -0.3 is 9.84 Å². The minimum Gasteiger partial charge on any atom is -0.483 e. The van der Waals surface area contributed by atoms with Gasteiger partial charge in [0.1, 0.15) is 5.75 Å². The van der Waals surface area contributed by atoms with E-state index < -0.39 is 30.3 Å². The standard InChI is InChI=1S/C20H25F3N2O3/c1-11-5-6-16-15(9-11)19(27,20(21,22)23)25(24-16)17(26)10-28-18-13(3)7-12(2)8-14(18)4/h7-8,11,15,27H,5-6,9-10H2,1-4H3/t11-,15-,19-/m0/s1. The van der Waals surface area contributed by atoms with Crippen LogP contribution >= 0.6 is 0 Å². The van der Waals surface area contributed by atoms with E-state index in [1.54, 1.807) is 13.8 Å². The van der Waals surface area contributed by atoms with Gasteiger partial charge in [-0.2, -0.15) is 23.3 Å². The Hall–Kier alpha value is -2.09. The number of hydrogen-bond acceptors (Lipinski definition) is 4. The average Bonchev–Trinajstić information content (AvgIpc) is 2.87. The Balaban J connectivity index is 1.85. The molecule has 3 atom stereocenters. The van der Waals surface area contributed by atoms with Gasteiger partial charge in [-0.05, 0) is 57.1 Å². The topological polar surface area (TPSA) is 62.1 Å². The number of halogens is 3. The molecule has 154 valence electrons. The number of rotatable bonds is 3. The molecular weight excluding hydrogens is 373 g/mol. The molecule has 1 amide bonds. The molecule has 8 heteroatoms. The average molecular weight is 398 g/mol. The van der Waals surface area contributed by atoms with E-state index in [0.29, 0.717) is 18.6 Å². The first kappa shape index (κ1) is 20.6. The maximum Gasteiger partial charge on any atom is 0.439 e. The molecule has 1 heterocycles. The molecule has 0 radical (unpaired) electrons. The largest absolute Gasteiger partial charge is 0.483 e. The predicted molar refractivity (Wildman–Crippen MR) is 97.9 cm³/mol. The first-order valence-corrected chi connectivity index (χ1v) is 9.35. The van der Waals surface area contributed by atoms with Gasteiger partial charge in [0.15, 0.2) is 6.61 Å². The number of aliphatic hydroxyl groups is 1. The lowest BCUT2D eigenvalue weighted by Gasteiger charge is -2.39. The van der Waals surface area contributed by atoms with Gasteiger partial charge in [-0.1, -0.05) is 24.6 Å². The maximum atomic E-state index is 13.8. The van der Waals surface area contributed by atoms with Crippen LogP contribution < -0.4 is 4.74 Å². The molecule has 0 bridgehead atoms. The van der Waals surface area contributed by atoms with E-state index in [9.17, 15) is 23.1 Å². The zero-order valence-corrected chi connectivity index (χ0v) is 16.4. The summed E-state index contributed by atoms with van der Waals surface area (Å²) in [6.07, 6.45) is -3.87. The summed E-state index contributed by atoms with van der Waals surface area (Å²) in [4.78, 5) is 12.6. The van der Waals surface area contributed by atoms with Crippen molar-refractivity contribution in [2.24, 2.45) is 16.9 Å². The van der Waals surface area contributed by atoms with Gasteiger partial charge in [-0.3, -0.25) is 4.79 Å². The fourth-order valence-corrected chi connectivity index (χ4v) is 4.25. The summed E-state index contributed by atoms with van der Waals surface area (Å²) in [6.45, 7) is 6.73. The first-order valence-electron chi connectivity index (χ1n) is 9.35. The number of nitrogens with zero attached hydrogens (tertiary/aromatic N) is 2. The third kappa shape index (κ3) is 3.38. The molecule has 1 N–H and O–H groups in total. The third-order valence-electron chi connectivity index (χ3n) is 5.57. The summed E-state index contributed by atoms with van der Waals surface area (Å²) < 4.78 is 47.0. The van der Waals surface area contributed by atoms with Crippen LogP contribution in [0, 0.1) is 32.6 Å². The van der Waals surface area contributed by atoms with Crippen LogP contribution in [0.1, 0.15) is 42.9 Å². The fourth-order valence-electron chi connectivity index (χ4n) is 4.25. The first-order chi connectivity index (χ1) is 12.9. The van der Waals surface area contributed by atoms with Crippen molar-refractivity contribution >= 4 is 11.6 Å². The molecule has 28 heavy (non-hydrogen) atoms. The van der Waals surface area contributed by atoms with E-state index in [2.05, 4.69) is 5.10 Å². The Labute approximate surface area is 162 Å². The van der Waals surface area contributed by atoms with Crippen molar-refractivity contribution in [3.05, 3.63) is 28.8 Å². The van der Waals surface area contributed by atoms with Crippen molar-refractivity contribution in [3.63, 3.8) is 0 Å². The van der Waals surface area contributed by atoms with Crippen LogP contribution in [0.2, 0.25) is 0 Å². The van der Waals surface area contributed by atoms with Crippen molar-refractivity contribution in [2.75, 3.05) is 6.61 Å². The second kappa shape index (κ2) is 7.06. The Morgan fingerprint density at radius 3 is 2.50 bits per heavy atom. The molecule has 0 spiro atoms. The van der Waals surface area contributed by atoms with Crippen LogP contribution in [0.25, 0.3) is 0 Å². The molecule has 0 unspecified atom stereocenters. The molecule has 1 aliphatic carbocycles. The number of alkyl halides is 3. The maximum absolute atomic E-state index is 13.8. The Morgan fingerprint density at radius 2 is 1.93 bits per heavy atom. The zero-order chi connectivity index (χ0) is 20.9. The molecule has 1 saturated carbocycles. The Kier molecular flexibility index (Phi) is 5.20. The van der Waals surface area contributed by atoms with Crippen LogP contribution in [-0.4, -0.2) is 40.2 Å². The number of aryl methyl sites for hydroxylation is 3. The third-order valence-corrected chi connectivity index (χ3v) is 5.57. The highest BCUT2D eigenvalue weighted by Gasteiger charge is 2.68. The lowest BCUT2D eigenvalue weighted by molar-refractivity contribution is -0.318. The summed E-state index contributed by atoms with van der Waals surface area (Å²) in [5.41, 5.74) is -0.508. The number of benzene rings is 1. The lowest BCUT2D eigenvalue weighted by atomic mass is 9.76.